The van der Waals surface area contributed by atoms with Gasteiger partial charge in [-0.3, -0.25) is 4.79 Å². The van der Waals surface area contributed by atoms with Crippen LogP contribution in [0.4, 0.5) is 9.18 Å². The van der Waals surface area contributed by atoms with Gasteiger partial charge in [0.05, 0.1) is 6.04 Å². The molecule has 3 atom stereocenters. The van der Waals surface area contributed by atoms with Gasteiger partial charge in [0.2, 0.25) is 0 Å². The summed E-state index contributed by atoms with van der Waals surface area (Å²) in [6.45, 7) is 4.89. The molecule has 0 spiro atoms. The smallest absolute Gasteiger partial charge is 0.417 e. The van der Waals surface area contributed by atoms with Crippen LogP contribution in [0.2, 0.25) is 0 Å². The number of carbonyl (C=O) groups excluding carboxylic acids is 2. The number of benzene rings is 1. The lowest BCUT2D eigenvalue weighted by atomic mass is 10.0. The van der Waals surface area contributed by atoms with Crippen molar-refractivity contribution in [3.8, 4) is 0 Å². The van der Waals surface area contributed by atoms with Gasteiger partial charge in [-0.05, 0) is 18.4 Å². The minimum atomic E-state index is -1.69. The second kappa shape index (κ2) is 5.61. The summed E-state index contributed by atoms with van der Waals surface area (Å²) >= 11 is 0. The number of hydrogen-bond donors (Lipinski definition) is 0. The fraction of sp³-hybridized carbons (Fsp3) is 0.467. The van der Waals surface area contributed by atoms with E-state index < -0.39 is 36.2 Å². The first kappa shape index (κ1) is 14.5. The number of imide groups is 1. The number of nitrogens with zero attached hydrogens (tertiary/aromatic N) is 1. The summed E-state index contributed by atoms with van der Waals surface area (Å²) < 4.78 is 19.1. The fourth-order valence-electron chi connectivity index (χ4n) is 2.26. The van der Waals surface area contributed by atoms with Gasteiger partial charge in [0.25, 0.3) is 5.91 Å². The van der Waals surface area contributed by atoms with E-state index in [9.17, 15) is 14.0 Å². The Labute approximate surface area is 117 Å². The van der Waals surface area contributed by atoms with E-state index in [-0.39, 0.29) is 0 Å². The third kappa shape index (κ3) is 2.53. The summed E-state index contributed by atoms with van der Waals surface area (Å²) in [5.74, 6) is -1.30. The molecular weight excluding hydrogens is 261 g/mol. The summed E-state index contributed by atoms with van der Waals surface area (Å²) in [5, 5.41) is 0. The zero-order valence-corrected chi connectivity index (χ0v) is 11.7. The Morgan fingerprint density at radius 2 is 1.90 bits per heavy atom. The van der Waals surface area contributed by atoms with Crippen LogP contribution in [0.25, 0.3) is 0 Å². The normalized spacial score (nSPS) is 23.9. The summed E-state index contributed by atoms with van der Waals surface area (Å²) in [4.78, 5) is 24.8. The van der Waals surface area contributed by atoms with E-state index >= 15 is 0 Å². The zero-order chi connectivity index (χ0) is 14.9. The van der Waals surface area contributed by atoms with Gasteiger partial charge in [0.15, 0.2) is 6.17 Å². The molecule has 0 N–H and O–H groups in total. The average Bonchev–Trinajstić information content (AvgIpc) is 2.73. The molecule has 0 unspecified atom stereocenters. The molecule has 1 aliphatic rings. The van der Waals surface area contributed by atoms with Gasteiger partial charge >= 0.3 is 6.09 Å². The Morgan fingerprint density at radius 1 is 1.30 bits per heavy atom. The molecule has 1 aromatic carbocycles. The number of cyclic esters (lactones) is 1. The minimum absolute atomic E-state index is 0.474. The molecule has 108 valence electrons. The van der Waals surface area contributed by atoms with Gasteiger partial charge in [-0.15, -0.1) is 0 Å². The molecule has 1 saturated heterocycles. The predicted octanol–water partition coefficient (Wildman–Crippen LogP) is 3.09. The van der Waals surface area contributed by atoms with Crippen LogP contribution in [-0.2, 0) is 9.53 Å². The zero-order valence-electron chi connectivity index (χ0n) is 11.7. The molecule has 1 aromatic rings. The predicted molar refractivity (Wildman–Crippen MR) is 71.7 cm³/mol. The average molecular weight is 279 g/mol. The monoisotopic (exact) mass is 279 g/mol. The molecule has 0 saturated carbocycles. The van der Waals surface area contributed by atoms with Crippen molar-refractivity contribution in [3.63, 3.8) is 0 Å². The Bertz CT molecular complexity index is 503. The Balaban J connectivity index is 2.21. The van der Waals surface area contributed by atoms with Gasteiger partial charge in [0, 0.05) is 0 Å². The van der Waals surface area contributed by atoms with Gasteiger partial charge < -0.3 is 4.74 Å². The van der Waals surface area contributed by atoms with E-state index in [2.05, 4.69) is 0 Å². The molecule has 0 aromatic heterocycles. The maximum Gasteiger partial charge on any atom is 0.417 e. The number of amides is 2. The van der Waals surface area contributed by atoms with Crippen molar-refractivity contribution in [1.82, 2.24) is 4.90 Å². The molecule has 2 rings (SSSR count). The molecule has 5 heteroatoms. The van der Waals surface area contributed by atoms with Crippen molar-refractivity contribution in [2.75, 3.05) is 0 Å². The first-order valence-corrected chi connectivity index (χ1v) is 6.66. The van der Waals surface area contributed by atoms with Crippen molar-refractivity contribution in [3.05, 3.63) is 35.9 Å². The summed E-state index contributed by atoms with van der Waals surface area (Å²) in [5.41, 5.74) is 0.795. The maximum absolute atomic E-state index is 13.8. The quantitative estimate of drug-likeness (QED) is 0.854. The molecular formula is C15H18FNO3. The van der Waals surface area contributed by atoms with Gasteiger partial charge in [-0.2, -0.15) is 0 Å². The first-order chi connectivity index (χ1) is 9.43. The van der Waals surface area contributed by atoms with Crippen LogP contribution < -0.4 is 0 Å². The van der Waals surface area contributed by atoms with Crippen molar-refractivity contribution < 1.29 is 18.7 Å². The highest BCUT2D eigenvalue weighted by atomic mass is 19.1. The largest absolute Gasteiger partial charge is 0.439 e. The van der Waals surface area contributed by atoms with Crippen LogP contribution in [0.3, 0.4) is 0 Å². The van der Waals surface area contributed by atoms with Crippen LogP contribution in [0, 0.1) is 5.92 Å². The van der Waals surface area contributed by atoms with Crippen LogP contribution in [0.1, 0.15) is 32.4 Å². The number of alkyl halides is 1. The Kier molecular flexibility index (Phi) is 4.06. The highest BCUT2D eigenvalue weighted by Gasteiger charge is 2.45. The molecule has 2 amide bonds. The Morgan fingerprint density at radius 3 is 2.45 bits per heavy atom. The number of carbonyl (C=O) groups is 2. The van der Waals surface area contributed by atoms with Crippen LogP contribution in [0.5, 0.6) is 0 Å². The van der Waals surface area contributed by atoms with E-state index in [0.717, 1.165) is 10.5 Å². The van der Waals surface area contributed by atoms with Crippen molar-refractivity contribution in [2.45, 2.75) is 39.1 Å². The highest BCUT2D eigenvalue weighted by Crippen LogP contribution is 2.33. The lowest BCUT2D eigenvalue weighted by Crippen LogP contribution is -2.44. The summed E-state index contributed by atoms with van der Waals surface area (Å²) in [7, 11) is 0. The third-order valence-corrected chi connectivity index (χ3v) is 3.46. The Hall–Kier alpha value is -1.91. The van der Waals surface area contributed by atoms with E-state index in [1.807, 2.05) is 30.3 Å². The molecule has 0 aliphatic carbocycles. The lowest BCUT2D eigenvalue weighted by Gasteiger charge is -2.22. The maximum atomic E-state index is 13.8. The molecule has 1 aliphatic heterocycles. The number of rotatable bonds is 3. The van der Waals surface area contributed by atoms with Crippen molar-refractivity contribution in [2.24, 2.45) is 5.92 Å². The number of ether oxygens (including phenoxy) is 1. The van der Waals surface area contributed by atoms with E-state index in [4.69, 9.17) is 4.74 Å². The van der Waals surface area contributed by atoms with Crippen LogP contribution in [-0.4, -0.2) is 29.1 Å². The van der Waals surface area contributed by atoms with E-state index in [1.165, 1.54) is 0 Å². The molecule has 1 fully saturated rings. The fourth-order valence-corrected chi connectivity index (χ4v) is 2.26. The first-order valence-electron chi connectivity index (χ1n) is 6.66. The number of halogens is 1. The highest BCUT2D eigenvalue weighted by molar-refractivity contribution is 5.96. The second-order valence-electron chi connectivity index (χ2n) is 5.31. The lowest BCUT2D eigenvalue weighted by molar-refractivity contribution is -0.135. The minimum Gasteiger partial charge on any atom is -0.439 e. The molecule has 20 heavy (non-hydrogen) atoms. The SMILES string of the molecule is CC(C)[C@@H](F)C(=O)N1C(=O)O[C@H](c2ccccc2)[C@@H]1C. The van der Waals surface area contributed by atoms with E-state index in [0.29, 0.717) is 0 Å². The summed E-state index contributed by atoms with van der Waals surface area (Å²) in [6, 6.07) is 8.62. The molecule has 0 radical (unpaired) electrons. The third-order valence-electron chi connectivity index (χ3n) is 3.46. The topological polar surface area (TPSA) is 46.6 Å². The molecule has 1 heterocycles. The standard InChI is InChI=1S/C15H18FNO3/c1-9(2)12(16)14(18)17-10(3)13(20-15(17)19)11-7-5-4-6-8-11/h4-10,12-13H,1-3H3/t10-,12+,13-/m0/s1. The van der Waals surface area contributed by atoms with E-state index in [1.54, 1.807) is 20.8 Å². The summed E-state index contributed by atoms with van der Waals surface area (Å²) in [6.07, 6.45) is -3.02. The van der Waals surface area contributed by atoms with Gasteiger partial charge in [0.1, 0.15) is 6.10 Å². The van der Waals surface area contributed by atoms with Crippen molar-refractivity contribution in [1.29, 1.82) is 0 Å². The van der Waals surface area contributed by atoms with Crippen LogP contribution >= 0.6 is 0 Å². The second-order valence-corrected chi connectivity index (χ2v) is 5.31. The molecule has 0 bridgehead atoms. The molecule has 4 nitrogen and oxygen atoms in total. The van der Waals surface area contributed by atoms with Crippen LogP contribution in [0.15, 0.2) is 30.3 Å². The number of hydrogen-bond acceptors (Lipinski definition) is 3. The van der Waals surface area contributed by atoms with Crippen molar-refractivity contribution >= 4 is 12.0 Å². The van der Waals surface area contributed by atoms with Gasteiger partial charge in [-0.25, -0.2) is 14.1 Å². The van der Waals surface area contributed by atoms with Gasteiger partial charge in [-0.1, -0.05) is 44.2 Å².